The normalized spacial score (nSPS) is 18.2. The van der Waals surface area contributed by atoms with Gasteiger partial charge in [-0.3, -0.25) is 4.98 Å². The van der Waals surface area contributed by atoms with Crippen LogP contribution >= 0.6 is 0 Å². The number of carboxylic acid groups (broad SMARTS) is 1. The van der Waals surface area contributed by atoms with E-state index in [1.54, 1.807) is 0 Å². The number of nitrogens with zero attached hydrogens (tertiary/aromatic N) is 1. The first-order chi connectivity index (χ1) is 10.4. The van der Waals surface area contributed by atoms with Gasteiger partial charge in [-0.1, -0.05) is 45.4 Å². The SMILES string of the molecule is CCC(C)(C)[C@@H]1CCc2nc3ccccc3c(C(=O)[O-])c2C1. The molecule has 1 aromatic heterocycles. The van der Waals surface area contributed by atoms with E-state index in [4.69, 9.17) is 4.98 Å². The van der Waals surface area contributed by atoms with Gasteiger partial charge >= 0.3 is 0 Å². The number of hydrogen-bond acceptors (Lipinski definition) is 3. The molecule has 0 aliphatic heterocycles. The maximum Gasteiger partial charge on any atom is 0.0725 e. The summed E-state index contributed by atoms with van der Waals surface area (Å²) in [7, 11) is 0. The Morgan fingerprint density at radius 3 is 2.77 bits per heavy atom. The number of carboxylic acids is 1. The number of aromatic nitrogens is 1. The third-order valence-electron chi connectivity index (χ3n) is 5.48. The second-order valence-corrected chi connectivity index (χ2v) is 7.00. The summed E-state index contributed by atoms with van der Waals surface area (Å²) in [5, 5.41) is 12.5. The van der Waals surface area contributed by atoms with Crippen molar-refractivity contribution >= 4 is 16.9 Å². The first kappa shape index (κ1) is 15.0. The molecule has 0 saturated carbocycles. The predicted molar refractivity (Wildman–Crippen MR) is 85.7 cm³/mol. The Hall–Kier alpha value is -1.90. The van der Waals surface area contributed by atoms with Crippen molar-refractivity contribution in [3.05, 3.63) is 41.1 Å². The Morgan fingerprint density at radius 1 is 1.36 bits per heavy atom. The molecule has 2 aromatic rings. The monoisotopic (exact) mass is 296 g/mol. The fourth-order valence-electron chi connectivity index (χ4n) is 3.58. The molecule has 0 radical (unpaired) electrons. The molecule has 1 heterocycles. The first-order valence-corrected chi connectivity index (χ1v) is 8.06. The van der Waals surface area contributed by atoms with Gasteiger partial charge in [0.2, 0.25) is 0 Å². The molecule has 1 atom stereocenters. The van der Waals surface area contributed by atoms with Crippen LogP contribution in [0.5, 0.6) is 0 Å². The lowest BCUT2D eigenvalue weighted by molar-refractivity contribution is -0.254. The molecule has 116 valence electrons. The number of carbonyl (C=O) groups is 1. The van der Waals surface area contributed by atoms with Gasteiger partial charge in [-0.25, -0.2) is 0 Å². The lowest BCUT2D eigenvalue weighted by Gasteiger charge is -2.37. The summed E-state index contributed by atoms with van der Waals surface area (Å²) < 4.78 is 0. The van der Waals surface area contributed by atoms with Gasteiger partial charge < -0.3 is 9.90 Å². The van der Waals surface area contributed by atoms with Crippen LogP contribution in [0.3, 0.4) is 0 Å². The van der Waals surface area contributed by atoms with Gasteiger partial charge in [0.05, 0.1) is 11.5 Å². The molecule has 3 rings (SSSR count). The van der Waals surface area contributed by atoms with Crippen LogP contribution < -0.4 is 5.11 Å². The van der Waals surface area contributed by atoms with Gasteiger partial charge in [0.15, 0.2) is 0 Å². The van der Waals surface area contributed by atoms with Gasteiger partial charge in [-0.05, 0) is 42.2 Å². The summed E-state index contributed by atoms with van der Waals surface area (Å²) in [5.74, 6) is -0.587. The molecular weight excluding hydrogens is 274 g/mol. The molecule has 1 aliphatic carbocycles. The van der Waals surface area contributed by atoms with E-state index in [-0.39, 0.29) is 5.41 Å². The van der Waals surface area contributed by atoms with Crippen LogP contribution in [0.25, 0.3) is 10.9 Å². The largest absolute Gasteiger partial charge is 0.545 e. The quantitative estimate of drug-likeness (QED) is 0.874. The van der Waals surface area contributed by atoms with Crippen molar-refractivity contribution in [3.63, 3.8) is 0 Å². The fourth-order valence-corrected chi connectivity index (χ4v) is 3.58. The van der Waals surface area contributed by atoms with E-state index in [0.717, 1.165) is 42.5 Å². The number of aryl methyl sites for hydroxylation is 1. The Labute approximate surface area is 131 Å². The Bertz CT molecular complexity index is 734. The minimum absolute atomic E-state index is 0.215. The molecule has 0 bridgehead atoms. The highest BCUT2D eigenvalue weighted by molar-refractivity contribution is 6.03. The molecular formula is C19H22NO2-. The average molecular weight is 296 g/mol. The van der Waals surface area contributed by atoms with Crippen LogP contribution in [-0.2, 0) is 12.8 Å². The number of fused-ring (bicyclic) bond motifs is 2. The Balaban J connectivity index is 2.17. The van der Waals surface area contributed by atoms with Crippen LogP contribution in [0.15, 0.2) is 24.3 Å². The Kier molecular flexibility index (Phi) is 3.67. The molecule has 1 aliphatic rings. The van der Waals surface area contributed by atoms with E-state index in [1.807, 2.05) is 24.3 Å². The zero-order chi connectivity index (χ0) is 15.9. The van der Waals surface area contributed by atoms with E-state index in [2.05, 4.69) is 20.8 Å². The predicted octanol–water partition coefficient (Wildman–Crippen LogP) is 3.14. The molecule has 3 heteroatoms. The lowest BCUT2D eigenvalue weighted by atomic mass is 9.68. The van der Waals surface area contributed by atoms with Crippen molar-refractivity contribution in [2.24, 2.45) is 11.3 Å². The van der Waals surface area contributed by atoms with Crippen LogP contribution in [0.2, 0.25) is 0 Å². The van der Waals surface area contributed by atoms with Crippen LogP contribution in [0.1, 0.15) is 55.2 Å². The smallest absolute Gasteiger partial charge is 0.0725 e. The van der Waals surface area contributed by atoms with E-state index >= 15 is 0 Å². The number of aromatic carboxylic acids is 1. The van der Waals surface area contributed by atoms with Crippen molar-refractivity contribution in [2.75, 3.05) is 0 Å². The van der Waals surface area contributed by atoms with Gasteiger partial charge in [-0.15, -0.1) is 0 Å². The number of para-hydroxylation sites is 1. The highest BCUT2D eigenvalue weighted by atomic mass is 16.4. The first-order valence-electron chi connectivity index (χ1n) is 8.06. The molecule has 0 N–H and O–H groups in total. The van der Waals surface area contributed by atoms with Gasteiger partial charge in [0.25, 0.3) is 0 Å². The minimum atomic E-state index is -1.08. The summed E-state index contributed by atoms with van der Waals surface area (Å²) in [6, 6.07) is 7.47. The lowest BCUT2D eigenvalue weighted by Crippen LogP contribution is -2.32. The molecule has 0 spiro atoms. The fraction of sp³-hybridized carbons (Fsp3) is 0.474. The molecule has 3 nitrogen and oxygen atoms in total. The van der Waals surface area contributed by atoms with Crippen molar-refractivity contribution in [3.8, 4) is 0 Å². The molecule has 0 amide bonds. The van der Waals surface area contributed by atoms with Crippen LogP contribution in [-0.4, -0.2) is 11.0 Å². The highest BCUT2D eigenvalue weighted by Crippen LogP contribution is 2.41. The molecule has 1 aromatic carbocycles. The van der Waals surface area contributed by atoms with E-state index in [0.29, 0.717) is 16.9 Å². The zero-order valence-corrected chi connectivity index (χ0v) is 13.5. The molecule has 22 heavy (non-hydrogen) atoms. The molecule has 0 fully saturated rings. The summed E-state index contributed by atoms with van der Waals surface area (Å²) in [6.45, 7) is 6.75. The number of benzene rings is 1. The van der Waals surface area contributed by atoms with E-state index in [1.165, 1.54) is 0 Å². The van der Waals surface area contributed by atoms with Crippen molar-refractivity contribution in [2.45, 2.75) is 46.5 Å². The summed E-state index contributed by atoms with van der Waals surface area (Å²) in [6.07, 6.45) is 3.81. The van der Waals surface area contributed by atoms with E-state index in [9.17, 15) is 9.90 Å². The Morgan fingerprint density at radius 2 is 2.09 bits per heavy atom. The topological polar surface area (TPSA) is 53.0 Å². The maximum atomic E-state index is 11.8. The summed E-state index contributed by atoms with van der Waals surface area (Å²) in [4.78, 5) is 16.5. The van der Waals surface area contributed by atoms with Crippen LogP contribution in [0.4, 0.5) is 0 Å². The molecule has 0 saturated heterocycles. The average Bonchev–Trinajstić information content (AvgIpc) is 2.51. The van der Waals surface area contributed by atoms with Crippen molar-refractivity contribution in [1.29, 1.82) is 0 Å². The summed E-state index contributed by atoms with van der Waals surface area (Å²) >= 11 is 0. The second-order valence-electron chi connectivity index (χ2n) is 7.00. The standard InChI is InChI=1S/C19H23NO2/c1-4-19(2,3)12-9-10-16-14(11-12)17(18(21)22)13-7-5-6-8-15(13)20-16/h5-8,12H,4,9-11H2,1-3H3,(H,21,22)/p-1/t12-/m1/s1. The maximum absolute atomic E-state index is 11.8. The van der Waals surface area contributed by atoms with Crippen LogP contribution in [0, 0.1) is 11.3 Å². The zero-order valence-electron chi connectivity index (χ0n) is 13.5. The highest BCUT2D eigenvalue weighted by Gasteiger charge is 2.33. The second kappa shape index (κ2) is 5.38. The summed E-state index contributed by atoms with van der Waals surface area (Å²) in [5.41, 5.74) is 3.18. The van der Waals surface area contributed by atoms with Gasteiger partial charge in [-0.2, -0.15) is 0 Å². The number of pyridine rings is 1. The van der Waals surface area contributed by atoms with Crippen molar-refractivity contribution < 1.29 is 9.90 Å². The third-order valence-corrected chi connectivity index (χ3v) is 5.48. The minimum Gasteiger partial charge on any atom is -0.545 e. The number of hydrogen-bond donors (Lipinski definition) is 0. The molecule has 0 unspecified atom stereocenters. The third kappa shape index (κ3) is 2.39. The van der Waals surface area contributed by atoms with Gasteiger partial charge in [0, 0.05) is 16.6 Å². The van der Waals surface area contributed by atoms with E-state index < -0.39 is 5.97 Å². The van der Waals surface area contributed by atoms with Crippen molar-refractivity contribution in [1.82, 2.24) is 4.98 Å². The number of carbonyl (C=O) groups excluding carboxylic acids is 1. The number of rotatable bonds is 3. The van der Waals surface area contributed by atoms with Gasteiger partial charge in [0.1, 0.15) is 0 Å².